The zero-order valence-electron chi connectivity index (χ0n) is 16.9. The van der Waals surface area contributed by atoms with Crippen LogP contribution in [-0.4, -0.2) is 82.3 Å². The minimum atomic E-state index is -4.53. The van der Waals surface area contributed by atoms with Crippen molar-refractivity contribution in [3.8, 4) is 0 Å². The second-order valence-electron chi connectivity index (χ2n) is 8.83. The van der Waals surface area contributed by atoms with E-state index in [1.807, 2.05) is 11.8 Å². The number of piperidine rings is 1. The van der Waals surface area contributed by atoms with E-state index in [1.54, 1.807) is 0 Å². The Balaban J connectivity index is 1.18. The lowest BCUT2D eigenvalue weighted by Gasteiger charge is -2.56. The Kier molecular flexibility index (Phi) is 4.76. The van der Waals surface area contributed by atoms with Gasteiger partial charge in [0, 0.05) is 25.2 Å². The molecular formula is C20H23F4N5O2. The van der Waals surface area contributed by atoms with Gasteiger partial charge in [0.15, 0.2) is 5.54 Å². The van der Waals surface area contributed by atoms with Crippen LogP contribution in [0, 0.1) is 12.7 Å². The van der Waals surface area contributed by atoms with Gasteiger partial charge >= 0.3 is 6.18 Å². The normalized spacial score (nSPS) is 25.8. The highest BCUT2D eigenvalue weighted by Gasteiger charge is 2.61. The van der Waals surface area contributed by atoms with Gasteiger partial charge in [-0.15, -0.1) is 0 Å². The van der Waals surface area contributed by atoms with Crippen LogP contribution in [0.4, 0.5) is 17.6 Å². The van der Waals surface area contributed by atoms with E-state index in [-0.39, 0.29) is 24.4 Å². The number of aromatic amines is 1. The highest BCUT2D eigenvalue weighted by atomic mass is 19.4. The predicted octanol–water partition coefficient (Wildman–Crippen LogP) is 1.72. The zero-order valence-corrected chi connectivity index (χ0v) is 16.9. The number of piperazine rings is 1. The molecule has 0 aliphatic carbocycles. The minimum Gasteiger partial charge on any atom is -0.376 e. The number of imidazole rings is 1. The number of H-pyrrole nitrogens is 1. The van der Waals surface area contributed by atoms with Crippen molar-refractivity contribution in [3.63, 3.8) is 0 Å². The molecule has 1 amide bonds. The maximum Gasteiger partial charge on any atom is 0.416 e. The molecule has 2 N–H and O–H groups in total. The quantitative estimate of drug-likeness (QED) is 0.692. The van der Waals surface area contributed by atoms with Gasteiger partial charge in [0.25, 0.3) is 0 Å². The minimum absolute atomic E-state index is 0.0515. The molecule has 0 saturated carbocycles. The SMILES string of the molecule is Cc1cc(F)cc2[nH]c(CN3CC4CC(C3)N4CC(=O)NC3(C(F)(F)F)COC3)nc12. The number of aryl methyl sites for hydroxylation is 1. The number of nitrogens with one attached hydrogen (secondary N) is 2. The third-order valence-corrected chi connectivity index (χ3v) is 6.53. The summed E-state index contributed by atoms with van der Waals surface area (Å²) in [5.74, 6) is -0.195. The van der Waals surface area contributed by atoms with E-state index >= 15 is 0 Å². The number of carbonyl (C=O) groups is 1. The van der Waals surface area contributed by atoms with Gasteiger partial charge in [-0.1, -0.05) is 0 Å². The molecule has 7 nitrogen and oxygen atoms in total. The van der Waals surface area contributed by atoms with Gasteiger partial charge < -0.3 is 15.0 Å². The monoisotopic (exact) mass is 441 g/mol. The topological polar surface area (TPSA) is 73.5 Å². The molecule has 31 heavy (non-hydrogen) atoms. The average Bonchev–Trinajstić information content (AvgIpc) is 3.04. The summed E-state index contributed by atoms with van der Waals surface area (Å²) >= 11 is 0. The number of ether oxygens (including phenoxy) is 1. The molecule has 4 aliphatic heterocycles. The van der Waals surface area contributed by atoms with Crippen LogP contribution in [0.15, 0.2) is 12.1 Å². The molecule has 1 aromatic carbocycles. The van der Waals surface area contributed by atoms with Gasteiger partial charge in [0.1, 0.15) is 11.6 Å². The maximum atomic E-state index is 13.6. The zero-order chi connectivity index (χ0) is 22.0. The predicted molar refractivity (Wildman–Crippen MR) is 103 cm³/mol. The molecule has 4 fully saturated rings. The summed E-state index contributed by atoms with van der Waals surface area (Å²) in [5, 5.41) is 2.14. The molecule has 1 aromatic heterocycles. The van der Waals surface area contributed by atoms with Crippen molar-refractivity contribution in [3.05, 3.63) is 29.3 Å². The molecule has 2 bridgehead atoms. The van der Waals surface area contributed by atoms with Crippen LogP contribution in [0.2, 0.25) is 0 Å². The first-order chi connectivity index (χ1) is 14.6. The molecule has 2 unspecified atom stereocenters. The molecular weight excluding hydrogens is 418 g/mol. The standard InChI is InChI=1S/C20H23F4N5O2/c1-11-2-12(21)3-15-18(11)26-16(25-15)7-28-5-13-4-14(6-28)29(13)8-17(30)27-19(9-31-10-19)20(22,23)24/h2-3,13-14H,4-10H2,1H3,(H,25,26)(H,27,30). The summed E-state index contributed by atoms with van der Waals surface area (Å²) in [6.07, 6.45) is -3.61. The Morgan fingerprint density at radius 2 is 2.03 bits per heavy atom. The summed E-state index contributed by atoms with van der Waals surface area (Å²) in [7, 11) is 0. The molecule has 0 spiro atoms. The van der Waals surface area contributed by atoms with Crippen LogP contribution >= 0.6 is 0 Å². The Morgan fingerprint density at radius 1 is 1.32 bits per heavy atom. The first-order valence-electron chi connectivity index (χ1n) is 10.2. The summed E-state index contributed by atoms with van der Waals surface area (Å²) in [4.78, 5) is 24.2. The van der Waals surface area contributed by atoms with Gasteiger partial charge in [0.05, 0.1) is 37.3 Å². The third kappa shape index (κ3) is 3.58. The number of aromatic nitrogens is 2. The van der Waals surface area contributed by atoms with Crippen molar-refractivity contribution in [2.75, 3.05) is 32.8 Å². The van der Waals surface area contributed by atoms with Crippen molar-refractivity contribution in [2.24, 2.45) is 0 Å². The lowest BCUT2D eigenvalue weighted by Crippen LogP contribution is -2.73. The second-order valence-corrected chi connectivity index (χ2v) is 8.83. The smallest absolute Gasteiger partial charge is 0.376 e. The fourth-order valence-electron chi connectivity index (χ4n) is 4.83. The van der Waals surface area contributed by atoms with E-state index in [1.165, 1.54) is 12.1 Å². The fraction of sp³-hybridized carbons (Fsp3) is 0.600. The molecule has 5 heterocycles. The van der Waals surface area contributed by atoms with E-state index in [0.717, 1.165) is 23.3 Å². The van der Waals surface area contributed by atoms with E-state index < -0.39 is 30.8 Å². The summed E-state index contributed by atoms with van der Waals surface area (Å²) in [6.45, 7) is 2.64. The van der Waals surface area contributed by atoms with Crippen LogP contribution in [0.3, 0.4) is 0 Å². The lowest BCUT2D eigenvalue weighted by molar-refractivity contribution is -0.266. The van der Waals surface area contributed by atoms with Gasteiger partial charge in [0.2, 0.25) is 5.91 Å². The molecule has 168 valence electrons. The molecule has 2 atom stereocenters. The summed E-state index contributed by atoms with van der Waals surface area (Å²) in [6, 6.07) is 3.11. The first kappa shape index (κ1) is 20.7. The van der Waals surface area contributed by atoms with Gasteiger partial charge in [-0.2, -0.15) is 13.2 Å². The highest BCUT2D eigenvalue weighted by Crippen LogP contribution is 2.37. The number of rotatable bonds is 5. The number of halogens is 4. The van der Waals surface area contributed by atoms with Crippen LogP contribution in [0.5, 0.6) is 0 Å². The third-order valence-electron chi connectivity index (χ3n) is 6.53. The molecule has 2 aromatic rings. The Bertz CT molecular complexity index is 1010. The number of fused-ring (bicyclic) bond motifs is 3. The Morgan fingerprint density at radius 3 is 2.65 bits per heavy atom. The van der Waals surface area contributed by atoms with E-state index in [4.69, 9.17) is 4.74 Å². The first-order valence-corrected chi connectivity index (χ1v) is 10.2. The van der Waals surface area contributed by atoms with E-state index in [0.29, 0.717) is 25.2 Å². The van der Waals surface area contributed by atoms with E-state index in [9.17, 15) is 22.4 Å². The van der Waals surface area contributed by atoms with Crippen LogP contribution < -0.4 is 5.32 Å². The number of hydrogen-bond donors (Lipinski definition) is 2. The molecule has 4 aliphatic rings. The highest BCUT2D eigenvalue weighted by molar-refractivity contribution is 5.79. The Labute approximate surface area is 175 Å². The molecule has 6 rings (SSSR count). The van der Waals surface area contributed by atoms with Crippen LogP contribution in [0.1, 0.15) is 17.8 Å². The van der Waals surface area contributed by atoms with E-state index in [2.05, 4.69) is 20.2 Å². The van der Waals surface area contributed by atoms with Gasteiger partial charge in [-0.3, -0.25) is 14.6 Å². The molecule has 11 heteroatoms. The number of alkyl halides is 3. The van der Waals surface area contributed by atoms with Crippen molar-refractivity contribution in [1.29, 1.82) is 0 Å². The summed E-state index contributed by atoms with van der Waals surface area (Å²) < 4.78 is 58.0. The summed E-state index contributed by atoms with van der Waals surface area (Å²) in [5.41, 5.74) is -0.0822. The van der Waals surface area contributed by atoms with Gasteiger partial charge in [-0.25, -0.2) is 9.37 Å². The second kappa shape index (κ2) is 7.14. The van der Waals surface area contributed by atoms with Gasteiger partial charge in [-0.05, 0) is 31.0 Å². The van der Waals surface area contributed by atoms with Crippen molar-refractivity contribution in [2.45, 2.75) is 43.7 Å². The van der Waals surface area contributed by atoms with Crippen molar-refractivity contribution < 1.29 is 27.1 Å². The number of carbonyl (C=O) groups excluding carboxylic acids is 1. The number of hydrogen-bond acceptors (Lipinski definition) is 5. The van der Waals surface area contributed by atoms with Crippen LogP contribution in [0.25, 0.3) is 11.0 Å². The number of amides is 1. The maximum absolute atomic E-state index is 13.6. The van der Waals surface area contributed by atoms with Crippen molar-refractivity contribution in [1.82, 2.24) is 25.1 Å². The van der Waals surface area contributed by atoms with Crippen LogP contribution in [-0.2, 0) is 16.1 Å². The molecule has 4 saturated heterocycles. The fourth-order valence-corrected chi connectivity index (χ4v) is 4.83. The number of nitrogens with zero attached hydrogens (tertiary/aromatic N) is 3. The van der Waals surface area contributed by atoms with Crippen molar-refractivity contribution >= 4 is 16.9 Å². The number of benzene rings is 1. The molecule has 0 radical (unpaired) electrons. The Hall–Kier alpha value is -2.24. The largest absolute Gasteiger partial charge is 0.416 e. The average molecular weight is 441 g/mol. The lowest BCUT2D eigenvalue weighted by atomic mass is 9.87.